The Morgan fingerprint density at radius 2 is 1.91 bits per heavy atom. The van der Waals surface area contributed by atoms with Crippen LogP contribution in [0.4, 0.5) is 0 Å². The maximum absolute atomic E-state index is 4.02. The van der Waals surface area contributed by atoms with Crippen LogP contribution in [-0.2, 0) is 0 Å². The van der Waals surface area contributed by atoms with Gasteiger partial charge in [-0.1, -0.05) is 18.7 Å². The molecule has 1 fully saturated rings. The van der Waals surface area contributed by atoms with Crippen molar-refractivity contribution in [1.82, 2.24) is 14.7 Å². The number of rotatable bonds is 4. The van der Waals surface area contributed by atoms with Gasteiger partial charge in [0, 0.05) is 42.8 Å². The molecule has 0 aromatic rings. The van der Waals surface area contributed by atoms with E-state index in [0.29, 0.717) is 6.04 Å². The first-order valence-corrected chi connectivity index (χ1v) is 8.37. The Morgan fingerprint density at radius 3 is 2.41 bits per heavy atom. The fourth-order valence-corrected chi connectivity index (χ4v) is 3.64. The largest absolute Gasteiger partial charge is 0.320 e. The molecule has 0 radical (unpaired) electrons. The Kier molecular flexibility index (Phi) is 5.65. The number of piperidine rings is 1. The van der Waals surface area contributed by atoms with E-state index in [1.165, 1.54) is 42.9 Å². The van der Waals surface area contributed by atoms with Gasteiger partial charge in [0.2, 0.25) is 0 Å². The number of hydrogen-bond donors (Lipinski definition) is 0. The molecule has 2 rings (SSSR count). The zero-order valence-corrected chi connectivity index (χ0v) is 14.8. The van der Waals surface area contributed by atoms with Crippen LogP contribution in [0, 0.1) is 0 Å². The van der Waals surface area contributed by atoms with Crippen molar-refractivity contribution in [2.75, 3.05) is 27.2 Å². The number of hydrogen-bond acceptors (Lipinski definition) is 3. The fourth-order valence-electron chi connectivity index (χ4n) is 3.64. The molecule has 0 spiro atoms. The molecule has 0 bridgehead atoms. The van der Waals surface area contributed by atoms with Gasteiger partial charge in [-0.05, 0) is 59.4 Å². The van der Waals surface area contributed by atoms with Gasteiger partial charge >= 0.3 is 0 Å². The van der Waals surface area contributed by atoms with Crippen LogP contribution < -0.4 is 0 Å². The third-order valence-corrected chi connectivity index (χ3v) is 5.10. The topological polar surface area (TPSA) is 9.72 Å². The Labute approximate surface area is 136 Å². The SMILES string of the molecule is C=CN1C(C(C)N2CCC(N(C)C)CC2)=C(C)C=C/C1=C/C. The molecule has 122 valence electrons. The van der Waals surface area contributed by atoms with Crippen LogP contribution in [0.5, 0.6) is 0 Å². The summed E-state index contributed by atoms with van der Waals surface area (Å²) in [5.74, 6) is 0. The highest BCUT2D eigenvalue weighted by atomic mass is 15.2. The van der Waals surface area contributed by atoms with Crippen LogP contribution in [0.25, 0.3) is 0 Å². The average Bonchev–Trinajstić information content (AvgIpc) is 2.53. The van der Waals surface area contributed by atoms with E-state index in [1.807, 2.05) is 6.20 Å². The Bertz CT molecular complexity index is 491. The summed E-state index contributed by atoms with van der Waals surface area (Å²) < 4.78 is 0. The average molecular weight is 301 g/mol. The molecular weight excluding hydrogens is 270 g/mol. The van der Waals surface area contributed by atoms with Gasteiger partial charge in [0.1, 0.15) is 0 Å². The van der Waals surface area contributed by atoms with Crippen molar-refractivity contribution in [1.29, 1.82) is 0 Å². The minimum absolute atomic E-state index is 0.418. The van der Waals surface area contributed by atoms with Crippen molar-refractivity contribution in [2.45, 2.75) is 45.7 Å². The van der Waals surface area contributed by atoms with Gasteiger partial charge in [0.05, 0.1) is 0 Å². The van der Waals surface area contributed by atoms with E-state index >= 15 is 0 Å². The van der Waals surface area contributed by atoms with E-state index in [2.05, 4.69) is 74.4 Å². The molecule has 3 heteroatoms. The van der Waals surface area contributed by atoms with E-state index in [1.54, 1.807) is 0 Å². The summed E-state index contributed by atoms with van der Waals surface area (Å²) in [4.78, 5) is 7.23. The second kappa shape index (κ2) is 7.30. The molecule has 3 nitrogen and oxygen atoms in total. The van der Waals surface area contributed by atoms with E-state index in [9.17, 15) is 0 Å². The minimum Gasteiger partial charge on any atom is -0.320 e. The third-order valence-electron chi connectivity index (χ3n) is 5.10. The maximum Gasteiger partial charge on any atom is 0.0478 e. The summed E-state index contributed by atoms with van der Waals surface area (Å²) in [6.45, 7) is 13.0. The molecule has 2 aliphatic rings. The highest BCUT2D eigenvalue weighted by Gasteiger charge is 2.29. The molecule has 0 aliphatic carbocycles. The summed E-state index contributed by atoms with van der Waals surface area (Å²) in [7, 11) is 4.39. The molecule has 1 saturated heterocycles. The number of likely N-dealkylation sites (tertiary alicyclic amines) is 1. The molecule has 0 N–H and O–H groups in total. The van der Waals surface area contributed by atoms with Crippen molar-refractivity contribution in [3.8, 4) is 0 Å². The van der Waals surface area contributed by atoms with Crippen molar-refractivity contribution in [3.05, 3.63) is 48.0 Å². The Balaban J connectivity index is 2.16. The molecule has 1 atom stereocenters. The van der Waals surface area contributed by atoms with Crippen LogP contribution >= 0.6 is 0 Å². The van der Waals surface area contributed by atoms with Crippen LogP contribution in [0.15, 0.2) is 48.0 Å². The van der Waals surface area contributed by atoms with Crippen molar-refractivity contribution in [2.24, 2.45) is 0 Å². The highest BCUT2D eigenvalue weighted by Crippen LogP contribution is 2.30. The lowest BCUT2D eigenvalue weighted by molar-refractivity contribution is 0.119. The second-order valence-electron chi connectivity index (χ2n) is 6.57. The first-order valence-electron chi connectivity index (χ1n) is 8.37. The second-order valence-corrected chi connectivity index (χ2v) is 6.57. The highest BCUT2D eigenvalue weighted by molar-refractivity contribution is 5.41. The summed E-state index contributed by atoms with van der Waals surface area (Å²) in [5, 5.41) is 0. The van der Waals surface area contributed by atoms with E-state index < -0.39 is 0 Å². The number of nitrogens with zero attached hydrogens (tertiary/aromatic N) is 3. The molecule has 2 heterocycles. The monoisotopic (exact) mass is 301 g/mol. The molecule has 0 amide bonds. The van der Waals surface area contributed by atoms with Gasteiger partial charge in [0.25, 0.3) is 0 Å². The molecule has 0 aromatic carbocycles. The van der Waals surface area contributed by atoms with Crippen LogP contribution in [0.1, 0.15) is 33.6 Å². The molecule has 2 aliphatic heterocycles. The zero-order valence-electron chi connectivity index (χ0n) is 14.8. The van der Waals surface area contributed by atoms with Gasteiger partial charge in [-0.25, -0.2) is 0 Å². The van der Waals surface area contributed by atoms with E-state index in [-0.39, 0.29) is 0 Å². The maximum atomic E-state index is 4.02. The predicted octanol–water partition coefficient (Wildman–Crippen LogP) is 3.59. The minimum atomic E-state index is 0.418. The van der Waals surface area contributed by atoms with E-state index in [0.717, 1.165) is 6.04 Å². The first-order chi connectivity index (χ1) is 10.5. The van der Waals surface area contributed by atoms with Crippen molar-refractivity contribution in [3.63, 3.8) is 0 Å². The lowest BCUT2D eigenvalue weighted by Crippen LogP contribution is -2.47. The van der Waals surface area contributed by atoms with Gasteiger partial charge in [0.15, 0.2) is 0 Å². The molecule has 1 unspecified atom stereocenters. The number of allylic oxidation sites excluding steroid dienone is 4. The predicted molar refractivity (Wildman–Crippen MR) is 95.4 cm³/mol. The van der Waals surface area contributed by atoms with E-state index in [4.69, 9.17) is 0 Å². The van der Waals surface area contributed by atoms with Crippen molar-refractivity contribution < 1.29 is 0 Å². The molecular formula is C19H31N3. The molecule has 0 saturated carbocycles. The summed E-state index contributed by atoms with van der Waals surface area (Å²) in [6, 6.07) is 1.15. The lowest BCUT2D eigenvalue weighted by atomic mass is 9.98. The standard InChI is InChI=1S/C19H31N3/c1-7-17-10-9-15(3)19(22(17)8-2)16(4)21-13-11-18(12-14-21)20(5)6/h7-10,16,18H,2,11-14H2,1,3-6H3/b17-7-. The van der Waals surface area contributed by atoms with Crippen LogP contribution in [0.2, 0.25) is 0 Å². The first kappa shape index (κ1) is 17.0. The summed E-state index contributed by atoms with van der Waals surface area (Å²) >= 11 is 0. The van der Waals surface area contributed by atoms with Gasteiger partial charge in [-0.3, -0.25) is 4.90 Å². The van der Waals surface area contributed by atoms with Gasteiger partial charge in [-0.2, -0.15) is 0 Å². The normalized spacial score (nSPS) is 24.5. The third kappa shape index (κ3) is 3.36. The molecule has 22 heavy (non-hydrogen) atoms. The van der Waals surface area contributed by atoms with Gasteiger partial charge < -0.3 is 9.80 Å². The lowest BCUT2D eigenvalue weighted by Gasteiger charge is -2.42. The van der Waals surface area contributed by atoms with Crippen LogP contribution in [-0.4, -0.2) is 54.0 Å². The smallest absolute Gasteiger partial charge is 0.0478 e. The Hall–Kier alpha value is -1.32. The quantitative estimate of drug-likeness (QED) is 0.785. The fraction of sp³-hybridized carbons (Fsp3) is 0.579. The zero-order chi connectivity index (χ0) is 16.3. The van der Waals surface area contributed by atoms with Gasteiger partial charge in [-0.15, -0.1) is 0 Å². The Morgan fingerprint density at radius 1 is 1.27 bits per heavy atom. The molecule has 0 aromatic heterocycles. The van der Waals surface area contributed by atoms with Crippen molar-refractivity contribution >= 4 is 0 Å². The summed E-state index contributed by atoms with van der Waals surface area (Å²) in [5.41, 5.74) is 3.92. The van der Waals surface area contributed by atoms with Crippen LogP contribution in [0.3, 0.4) is 0 Å². The summed E-state index contributed by atoms with van der Waals surface area (Å²) in [6.07, 6.45) is 11.0.